The van der Waals surface area contributed by atoms with Gasteiger partial charge < -0.3 is 9.80 Å². The number of halogens is 1. The highest BCUT2D eigenvalue weighted by atomic mass is 19.1. The molecular formula is C29H31FN6O2. The summed E-state index contributed by atoms with van der Waals surface area (Å²) in [4.78, 5) is 38.7. The first kappa shape index (κ1) is 25.5. The minimum atomic E-state index is -0.565. The van der Waals surface area contributed by atoms with Crippen molar-refractivity contribution >= 4 is 22.6 Å². The van der Waals surface area contributed by atoms with Gasteiger partial charge in [-0.1, -0.05) is 38.1 Å². The lowest BCUT2D eigenvalue weighted by Gasteiger charge is -2.29. The average molecular weight is 515 g/mol. The summed E-state index contributed by atoms with van der Waals surface area (Å²) in [6, 6.07) is 11.8. The molecule has 0 atom stereocenters. The number of rotatable bonds is 8. The number of aromatic nitrogens is 4. The predicted molar refractivity (Wildman–Crippen MR) is 145 cm³/mol. The molecule has 1 N–H and O–H groups in total. The molecule has 0 fully saturated rings. The second-order valence-corrected chi connectivity index (χ2v) is 9.64. The molecular weight excluding hydrogens is 483 g/mol. The maximum Gasteiger partial charge on any atom is 0.272 e. The van der Waals surface area contributed by atoms with Gasteiger partial charge in [0, 0.05) is 56.2 Å². The highest BCUT2D eigenvalue weighted by molar-refractivity contribution is 5.95. The molecule has 0 radical (unpaired) electrons. The molecule has 1 amide bonds. The first-order chi connectivity index (χ1) is 18.5. The van der Waals surface area contributed by atoms with Gasteiger partial charge in [-0.25, -0.2) is 19.5 Å². The van der Waals surface area contributed by atoms with E-state index in [4.69, 9.17) is 4.98 Å². The number of carbonyl (C=O) groups is 1. The van der Waals surface area contributed by atoms with Crippen LogP contribution in [-0.4, -0.2) is 50.6 Å². The molecule has 0 unspecified atom stereocenters. The SMILES string of the molecule is CCCN(CCC)c1ncc2c(n1)CCN(C(=O)c1cc(Cc3n[nH]c(=O)c4ccccc34)ccc1F)C2. The van der Waals surface area contributed by atoms with E-state index in [1.807, 2.05) is 12.1 Å². The summed E-state index contributed by atoms with van der Waals surface area (Å²) in [5, 5.41) is 8.02. The summed E-state index contributed by atoms with van der Waals surface area (Å²) in [6.07, 6.45) is 4.78. The quantitative estimate of drug-likeness (QED) is 0.377. The Morgan fingerprint density at radius 1 is 1.11 bits per heavy atom. The van der Waals surface area contributed by atoms with Crippen LogP contribution >= 0.6 is 0 Å². The van der Waals surface area contributed by atoms with E-state index in [0.29, 0.717) is 37.0 Å². The van der Waals surface area contributed by atoms with E-state index in [-0.39, 0.29) is 17.0 Å². The van der Waals surface area contributed by atoms with Crippen molar-refractivity contribution in [3.05, 3.63) is 92.9 Å². The molecule has 2 aromatic carbocycles. The van der Waals surface area contributed by atoms with Crippen molar-refractivity contribution in [1.29, 1.82) is 0 Å². The third kappa shape index (κ3) is 5.14. The number of hydrogen-bond acceptors (Lipinski definition) is 6. The minimum absolute atomic E-state index is 0.0225. The molecule has 0 saturated carbocycles. The predicted octanol–water partition coefficient (Wildman–Crippen LogP) is 4.27. The fourth-order valence-electron chi connectivity index (χ4n) is 5.00. The molecule has 1 aliphatic heterocycles. The number of H-pyrrole nitrogens is 1. The van der Waals surface area contributed by atoms with Crippen molar-refractivity contribution in [3.63, 3.8) is 0 Å². The maximum atomic E-state index is 14.9. The Labute approximate surface area is 220 Å². The Kier molecular flexibility index (Phi) is 7.44. The summed E-state index contributed by atoms with van der Waals surface area (Å²) in [5.41, 5.74) is 2.99. The second-order valence-electron chi connectivity index (χ2n) is 9.64. The van der Waals surface area contributed by atoms with Gasteiger partial charge in [-0.05, 0) is 36.6 Å². The van der Waals surface area contributed by atoms with Crippen LogP contribution in [0.2, 0.25) is 0 Å². The standard InChI is InChI=1S/C29H31FN6O2/c1-3-12-35(13-4-2)29-31-17-20-18-36(14-11-25(20)32-29)28(38)23-15-19(9-10-24(23)30)16-26-21-7-5-6-8-22(21)27(37)34-33-26/h5-10,15,17H,3-4,11-14,16,18H2,1-2H3,(H,34,37). The smallest absolute Gasteiger partial charge is 0.272 e. The van der Waals surface area contributed by atoms with Crippen molar-refractivity contribution in [2.75, 3.05) is 24.5 Å². The molecule has 8 nitrogen and oxygen atoms in total. The van der Waals surface area contributed by atoms with E-state index < -0.39 is 5.82 Å². The molecule has 38 heavy (non-hydrogen) atoms. The second kappa shape index (κ2) is 11.1. The van der Waals surface area contributed by atoms with Crippen molar-refractivity contribution in [1.82, 2.24) is 25.1 Å². The van der Waals surface area contributed by atoms with Gasteiger partial charge >= 0.3 is 0 Å². The lowest BCUT2D eigenvalue weighted by Crippen LogP contribution is -2.37. The van der Waals surface area contributed by atoms with Gasteiger partial charge in [0.05, 0.1) is 22.3 Å². The van der Waals surface area contributed by atoms with Crippen LogP contribution in [-0.2, 0) is 19.4 Å². The van der Waals surface area contributed by atoms with Gasteiger partial charge in [0.1, 0.15) is 5.82 Å². The fourth-order valence-corrected chi connectivity index (χ4v) is 5.00. The molecule has 0 spiro atoms. The van der Waals surface area contributed by atoms with Crippen LogP contribution in [0.15, 0.2) is 53.5 Å². The van der Waals surface area contributed by atoms with Crippen LogP contribution in [0.1, 0.15) is 59.6 Å². The number of anilines is 1. The first-order valence-corrected chi connectivity index (χ1v) is 13.1. The number of fused-ring (bicyclic) bond motifs is 2. The van der Waals surface area contributed by atoms with Crippen molar-refractivity contribution in [2.24, 2.45) is 0 Å². The van der Waals surface area contributed by atoms with E-state index in [1.54, 1.807) is 35.4 Å². The number of hydrogen-bond donors (Lipinski definition) is 1. The number of amides is 1. The number of benzene rings is 2. The number of aromatic amines is 1. The lowest BCUT2D eigenvalue weighted by molar-refractivity contribution is 0.0728. The zero-order chi connectivity index (χ0) is 26.6. The summed E-state index contributed by atoms with van der Waals surface area (Å²) in [5.74, 6) is -0.198. The minimum Gasteiger partial charge on any atom is -0.341 e. The number of carbonyl (C=O) groups excluding carboxylic acids is 1. The van der Waals surface area contributed by atoms with Gasteiger partial charge in [0.15, 0.2) is 0 Å². The van der Waals surface area contributed by atoms with Crippen molar-refractivity contribution in [2.45, 2.75) is 46.1 Å². The number of nitrogens with one attached hydrogen (secondary N) is 1. The summed E-state index contributed by atoms with van der Waals surface area (Å²) >= 11 is 0. The Bertz CT molecular complexity index is 1530. The highest BCUT2D eigenvalue weighted by Gasteiger charge is 2.26. The van der Waals surface area contributed by atoms with E-state index in [1.165, 1.54) is 6.07 Å². The van der Waals surface area contributed by atoms with E-state index in [0.717, 1.165) is 54.1 Å². The van der Waals surface area contributed by atoms with Crippen molar-refractivity contribution in [3.8, 4) is 0 Å². The zero-order valence-electron chi connectivity index (χ0n) is 21.7. The molecule has 196 valence electrons. The lowest BCUT2D eigenvalue weighted by atomic mass is 10.0. The Morgan fingerprint density at radius 3 is 2.63 bits per heavy atom. The summed E-state index contributed by atoms with van der Waals surface area (Å²) in [6.45, 7) is 6.87. The third-order valence-corrected chi connectivity index (χ3v) is 6.89. The van der Waals surface area contributed by atoms with Crippen LogP contribution in [0.25, 0.3) is 10.8 Å². The zero-order valence-corrected chi connectivity index (χ0v) is 21.7. The molecule has 2 aromatic heterocycles. The highest BCUT2D eigenvalue weighted by Crippen LogP contribution is 2.24. The van der Waals surface area contributed by atoms with E-state index in [9.17, 15) is 14.0 Å². The maximum absolute atomic E-state index is 14.9. The largest absolute Gasteiger partial charge is 0.341 e. The van der Waals surface area contributed by atoms with E-state index in [2.05, 4.69) is 33.9 Å². The molecule has 0 aliphatic carbocycles. The van der Waals surface area contributed by atoms with Gasteiger partial charge in [0.25, 0.3) is 11.5 Å². The average Bonchev–Trinajstić information content (AvgIpc) is 2.94. The summed E-state index contributed by atoms with van der Waals surface area (Å²) < 4.78 is 14.9. The normalized spacial score (nSPS) is 13.0. The molecule has 1 aliphatic rings. The molecule has 0 bridgehead atoms. The van der Waals surface area contributed by atoms with Crippen LogP contribution < -0.4 is 10.5 Å². The van der Waals surface area contributed by atoms with Gasteiger partial charge in [-0.2, -0.15) is 5.10 Å². The van der Waals surface area contributed by atoms with Crippen LogP contribution in [0.4, 0.5) is 10.3 Å². The monoisotopic (exact) mass is 514 g/mol. The molecule has 0 saturated heterocycles. The van der Waals surface area contributed by atoms with Crippen LogP contribution in [0.5, 0.6) is 0 Å². The fraction of sp³-hybridized carbons (Fsp3) is 0.345. The Balaban J connectivity index is 1.36. The van der Waals surface area contributed by atoms with Gasteiger partial charge in [-0.15, -0.1) is 0 Å². The first-order valence-electron chi connectivity index (χ1n) is 13.1. The van der Waals surface area contributed by atoms with E-state index >= 15 is 0 Å². The Hall–Kier alpha value is -4.14. The molecule has 3 heterocycles. The molecule has 4 aromatic rings. The van der Waals surface area contributed by atoms with Crippen LogP contribution in [0.3, 0.4) is 0 Å². The van der Waals surface area contributed by atoms with Crippen LogP contribution in [0, 0.1) is 5.82 Å². The Morgan fingerprint density at radius 2 is 1.87 bits per heavy atom. The third-order valence-electron chi connectivity index (χ3n) is 6.89. The van der Waals surface area contributed by atoms with Gasteiger partial charge in [-0.3, -0.25) is 9.59 Å². The van der Waals surface area contributed by atoms with Gasteiger partial charge in [0.2, 0.25) is 5.95 Å². The van der Waals surface area contributed by atoms with Crippen molar-refractivity contribution < 1.29 is 9.18 Å². The molecule has 9 heteroatoms. The summed E-state index contributed by atoms with van der Waals surface area (Å²) in [7, 11) is 0. The topological polar surface area (TPSA) is 95.1 Å². The molecule has 5 rings (SSSR count). The number of nitrogens with zero attached hydrogens (tertiary/aromatic N) is 5.